The molecule has 0 amide bonds. The molecule has 2 N–H and O–H groups in total. The average Bonchev–Trinajstić information content (AvgIpc) is 3.21. The van der Waals surface area contributed by atoms with E-state index in [-0.39, 0.29) is 5.56 Å². The molecule has 0 spiro atoms. The number of hydrogen-bond acceptors (Lipinski definition) is 3. The van der Waals surface area contributed by atoms with Crippen molar-refractivity contribution in [2.75, 3.05) is 5.32 Å². The summed E-state index contributed by atoms with van der Waals surface area (Å²) in [5, 5.41) is 12.5. The lowest BCUT2D eigenvalue weighted by Gasteiger charge is -2.07. The molecule has 2 unspecified atom stereocenters. The Balaban J connectivity index is 1.70. The zero-order valence-corrected chi connectivity index (χ0v) is 11.3. The summed E-state index contributed by atoms with van der Waals surface area (Å²) in [6.07, 6.45) is 2.35. The number of nitrogens with one attached hydrogen (secondary N) is 1. The van der Waals surface area contributed by atoms with E-state index < -0.39 is 5.97 Å². The minimum Gasteiger partial charge on any atom is -0.478 e. The molecule has 1 fully saturated rings. The summed E-state index contributed by atoms with van der Waals surface area (Å²) in [7, 11) is 0. The monoisotopic (exact) mass is 288 g/mol. The van der Waals surface area contributed by atoms with Crippen molar-refractivity contribution in [1.29, 1.82) is 0 Å². The largest absolute Gasteiger partial charge is 0.478 e. The topological polar surface area (TPSA) is 62.2 Å². The average molecular weight is 289 g/mol. The quantitative estimate of drug-likeness (QED) is 0.905. The third-order valence-electron chi connectivity index (χ3n) is 3.43. The van der Waals surface area contributed by atoms with Gasteiger partial charge in [0.05, 0.1) is 10.6 Å². The Hall–Kier alpha value is -2.07. The summed E-state index contributed by atoms with van der Waals surface area (Å²) in [6.45, 7) is 0. The zero-order chi connectivity index (χ0) is 14.1. The standard InChI is InChI=1S/C15H13ClN2O2/c16-12-6-10(15(19)20)8-17-14(12)18-13-7-11(13)9-4-2-1-3-5-9/h1-6,8,11,13H,7H2,(H,17,18)(H,19,20). The van der Waals surface area contributed by atoms with E-state index in [1.165, 1.54) is 17.8 Å². The van der Waals surface area contributed by atoms with Crippen molar-refractivity contribution in [2.45, 2.75) is 18.4 Å². The summed E-state index contributed by atoms with van der Waals surface area (Å²) in [4.78, 5) is 14.9. The molecule has 1 aromatic carbocycles. The van der Waals surface area contributed by atoms with Crippen LogP contribution in [-0.4, -0.2) is 22.1 Å². The molecule has 5 heteroatoms. The van der Waals surface area contributed by atoms with Crippen molar-refractivity contribution in [2.24, 2.45) is 0 Å². The molecule has 0 bridgehead atoms. The Morgan fingerprint density at radius 1 is 1.35 bits per heavy atom. The molecule has 2 atom stereocenters. The van der Waals surface area contributed by atoms with Crippen molar-refractivity contribution in [3.05, 3.63) is 58.7 Å². The second-order valence-electron chi connectivity index (χ2n) is 4.86. The van der Waals surface area contributed by atoms with Gasteiger partial charge in [-0.15, -0.1) is 0 Å². The smallest absolute Gasteiger partial charge is 0.337 e. The van der Waals surface area contributed by atoms with Crippen LogP contribution < -0.4 is 5.32 Å². The highest BCUT2D eigenvalue weighted by Crippen LogP contribution is 2.43. The fraction of sp³-hybridized carbons (Fsp3) is 0.200. The molecule has 0 saturated heterocycles. The number of carboxylic acids is 1. The number of anilines is 1. The van der Waals surface area contributed by atoms with Gasteiger partial charge in [-0.1, -0.05) is 41.9 Å². The molecule has 1 heterocycles. The minimum atomic E-state index is -1.03. The van der Waals surface area contributed by atoms with Crippen molar-refractivity contribution in [3.8, 4) is 0 Å². The van der Waals surface area contributed by atoms with Crippen LogP contribution in [0.1, 0.15) is 28.3 Å². The van der Waals surface area contributed by atoms with E-state index in [1.54, 1.807) is 0 Å². The van der Waals surface area contributed by atoms with Crippen LogP contribution in [0, 0.1) is 0 Å². The number of aromatic nitrogens is 1. The van der Waals surface area contributed by atoms with E-state index in [9.17, 15) is 4.79 Å². The molecule has 1 aliphatic rings. The Bertz CT molecular complexity index is 646. The first-order valence-corrected chi connectivity index (χ1v) is 6.73. The van der Waals surface area contributed by atoms with Crippen molar-refractivity contribution >= 4 is 23.4 Å². The number of aromatic carboxylic acids is 1. The lowest BCUT2D eigenvalue weighted by Crippen LogP contribution is -2.07. The Morgan fingerprint density at radius 2 is 2.10 bits per heavy atom. The van der Waals surface area contributed by atoms with Gasteiger partial charge in [-0.2, -0.15) is 0 Å². The van der Waals surface area contributed by atoms with Crippen LogP contribution >= 0.6 is 11.6 Å². The van der Waals surface area contributed by atoms with E-state index in [0.717, 1.165) is 6.42 Å². The number of rotatable bonds is 4. The molecule has 20 heavy (non-hydrogen) atoms. The second kappa shape index (κ2) is 5.13. The highest BCUT2D eigenvalue weighted by Gasteiger charge is 2.38. The van der Waals surface area contributed by atoms with Gasteiger partial charge in [0.15, 0.2) is 0 Å². The van der Waals surface area contributed by atoms with Gasteiger partial charge in [-0.3, -0.25) is 0 Å². The van der Waals surface area contributed by atoms with Crippen LogP contribution in [0.4, 0.5) is 5.82 Å². The molecule has 3 rings (SSSR count). The fourth-order valence-corrected chi connectivity index (χ4v) is 2.48. The van der Waals surface area contributed by atoms with Crippen molar-refractivity contribution in [3.63, 3.8) is 0 Å². The van der Waals surface area contributed by atoms with Crippen LogP contribution in [0.2, 0.25) is 5.02 Å². The summed E-state index contributed by atoms with van der Waals surface area (Å²) in [5.41, 5.74) is 1.39. The minimum absolute atomic E-state index is 0.0935. The molecule has 0 aliphatic heterocycles. The normalized spacial score (nSPS) is 20.4. The Kier molecular flexibility index (Phi) is 3.32. The third-order valence-corrected chi connectivity index (χ3v) is 3.72. The van der Waals surface area contributed by atoms with Gasteiger partial charge in [-0.05, 0) is 18.1 Å². The number of benzene rings is 1. The van der Waals surface area contributed by atoms with Gasteiger partial charge in [-0.25, -0.2) is 9.78 Å². The maximum absolute atomic E-state index is 10.8. The van der Waals surface area contributed by atoms with Gasteiger partial charge in [0.2, 0.25) is 0 Å². The highest BCUT2D eigenvalue weighted by atomic mass is 35.5. The number of carboxylic acid groups (broad SMARTS) is 1. The van der Waals surface area contributed by atoms with Gasteiger partial charge < -0.3 is 10.4 Å². The Morgan fingerprint density at radius 3 is 2.75 bits per heavy atom. The van der Waals surface area contributed by atoms with E-state index in [2.05, 4.69) is 22.4 Å². The SMILES string of the molecule is O=C(O)c1cnc(NC2CC2c2ccccc2)c(Cl)c1. The van der Waals surface area contributed by atoms with Crippen LogP contribution in [0.15, 0.2) is 42.6 Å². The van der Waals surface area contributed by atoms with E-state index >= 15 is 0 Å². The molecule has 2 aromatic rings. The van der Waals surface area contributed by atoms with E-state index in [4.69, 9.17) is 16.7 Å². The number of halogens is 1. The van der Waals surface area contributed by atoms with Crippen LogP contribution in [0.25, 0.3) is 0 Å². The predicted octanol–water partition coefficient (Wildman–Crippen LogP) is 3.40. The molecule has 102 valence electrons. The lowest BCUT2D eigenvalue weighted by molar-refractivity contribution is 0.0696. The predicted molar refractivity (Wildman–Crippen MR) is 77.4 cm³/mol. The molecule has 0 radical (unpaired) electrons. The highest BCUT2D eigenvalue weighted by molar-refractivity contribution is 6.33. The molecule has 1 aromatic heterocycles. The van der Waals surface area contributed by atoms with Crippen LogP contribution in [-0.2, 0) is 0 Å². The van der Waals surface area contributed by atoms with Crippen molar-refractivity contribution in [1.82, 2.24) is 4.98 Å². The number of carbonyl (C=O) groups is 1. The molecule has 1 saturated carbocycles. The first-order valence-electron chi connectivity index (χ1n) is 6.35. The second-order valence-corrected chi connectivity index (χ2v) is 5.27. The van der Waals surface area contributed by atoms with Gasteiger partial charge in [0, 0.05) is 18.2 Å². The van der Waals surface area contributed by atoms with Crippen LogP contribution in [0.5, 0.6) is 0 Å². The van der Waals surface area contributed by atoms with E-state index in [0.29, 0.717) is 22.8 Å². The zero-order valence-electron chi connectivity index (χ0n) is 10.6. The van der Waals surface area contributed by atoms with Crippen molar-refractivity contribution < 1.29 is 9.90 Å². The fourth-order valence-electron chi connectivity index (χ4n) is 2.26. The summed E-state index contributed by atoms with van der Waals surface area (Å²) >= 11 is 6.05. The molecular formula is C15H13ClN2O2. The number of nitrogens with zero attached hydrogens (tertiary/aromatic N) is 1. The summed E-state index contributed by atoms with van der Waals surface area (Å²) in [6, 6.07) is 12.0. The van der Waals surface area contributed by atoms with E-state index in [1.807, 2.05) is 18.2 Å². The third kappa shape index (κ3) is 2.60. The summed E-state index contributed by atoms with van der Waals surface area (Å²) < 4.78 is 0. The lowest BCUT2D eigenvalue weighted by atomic mass is 10.1. The Labute approximate surface area is 121 Å². The molecule has 4 nitrogen and oxygen atoms in total. The van der Waals surface area contributed by atoms with Gasteiger partial charge in [0.25, 0.3) is 0 Å². The van der Waals surface area contributed by atoms with Crippen LogP contribution in [0.3, 0.4) is 0 Å². The maximum atomic E-state index is 10.8. The molecular weight excluding hydrogens is 276 g/mol. The maximum Gasteiger partial charge on any atom is 0.337 e. The first-order chi connectivity index (χ1) is 9.65. The van der Waals surface area contributed by atoms with Gasteiger partial charge >= 0.3 is 5.97 Å². The first kappa shape index (κ1) is 12.9. The number of pyridine rings is 1. The molecule has 1 aliphatic carbocycles. The summed E-state index contributed by atoms with van der Waals surface area (Å²) in [5.74, 6) is -0.0205. The van der Waals surface area contributed by atoms with Gasteiger partial charge in [0.1, 0.15) is 5.82 Å². The number of hydrogen-bond donors (Lipinski definition) is 2.